The molecule has 0 fully saturated rings. The molecule has 0 atom stereocenters. The highest BCUT2D eigenvalue weighted by atomic mass is 16.5. The summed E-state index contributed by atoms with van der Waals surface area (Å²) in [7, 11) is 3.49. The van der Waals surface area contributed by atoms with Gasteiger partial charge in [-0.25, -0.2) is 4.79 Å². The van der Waals surface area contributed by atoms with E-state index in [1.807, 2.05) is 36.2 Å². The molecule has 1 aliphatic heterocycles. The lowest BCUT2D eigenvalue weighted by Crippen LogP contribution is -2.44. The quantitative estimate of drug-likeness (QED) is 0.934. The number of aromatic carboxylic acids is 1. The molecule has 0 spiro atoms. The summed E-state index contributed by atoms with van der Waals surface area (Å²) in [4.78, 5) is 27.5. The van der Waals surface area contributed by atoms with Gasteiger partial charge >= 0.3 is 5.97 Å². The molecule has 2 aromatic rings. The van der Waals surface area contributed by atoms with Crippen LogP contribution in [0.3, 0.4) is 0 Å². The van der Waals surface area contributed by atoms with Crippen LogP contribution in [0.15, 0.2) is 42.5 Å². The molecule has 0 aromatic heterocycles. The Bertz CT molecular complexity index is 786. The number of carbonyl (C=O) groups excluding carboxylic acids is 1. The fourth-order valence-corrected chi connectivity index (χ4v) is 2.81. The lowest BCUT2D eigenvalue weighted by atomic mass is 10.0. The maximum Gasteiger partial charge on any atom is 0.335 e. The summed E-state index contributed by atoms with van der Waals surface area (Å²) in [5, 5.41) is 9.14. The highest BCUT2D eigenvalue weighted by Crippen LogP contribution is 2.28. The van der Waals surface area contributed by atoms with E-state index >= 15 is 0 Å². The molecule has 3 rings (SSSR count). The zero-order valence-electron chi connectivity index (χ0n) is 13.5. The van der Waals surface area contributed by atoms with Crippen molar-refractivity contribution in [1.29, 1.82) is 0 Å². The summed E-state index contributed by atoms with van der Waals surface area (Å²) in [6, 6.07) is 12.2. The van der Waals surface area contributed by atoms with Gasteiger partial charge in [-0.2, -0.15) is 0 Å². The van der Waals surface area contributed by atoms with Crippen molar-refractivity contribution >= 4 is 17.6 Å². The summed E-state index contributed by atoms with van der Waals surface area (Å²) >= 11 is 0. The van der Waals surface area contributed by atoms with E-state index in [9.17, 15) is 9.59 Å². The molecule has 6 heteroatoms. The first-order chi connectivity index (χ1) is 11.5. The first-order valence-corrected chi connectivity index (χ1v) is 7.50. The van der Waals surface area contributed by atoms with Crippen LogP contribution in [0.25, 0.3) is 0 Å². The molecule has 0 bridgehead atoms. The number of carboxylic acids is 1. The Hall–Kier alpha value is -3.02. The normalized spacial score (nSPS) is 13.7. The van der Waals surface area contributed by atoms with Crippen LogP contribution in [0, 0.1) is 0 Å². The average Bonchev–Trinajstić information content (AvgIpc) is 2.59. The van der Waals surface area contributed by atoms with Gasteiger partial charge in [0.1, 0.15) is 5.75 Å². The van der Waals surface area contributed by atoms with Crippen molar-refractivity contribution in [3.63, 3.8) is 0 Å². The van der Waals surface area contributed by atoms with Crippen molar-refractivity contribution in [2.24, 2.45) is 0 Å². The van der Waals surface area contributed by atoms with Crippen LogP contribution in [0.2, 0.25) is 0 Å². The predicted molar refractivity (Wildman–Crippen MR) is 89.5 cm³/mol. The highest BCUT2D eigenvalue weighted by Gasteiger charge is 2.28. The number of nitrogens with zero attached hydrogens (tertiary/aromatic N) is 2. The third kappa shape index (κ3) is 2.90. The lowest BCUT2D eigenvalue weighted by Gasteiger charge is -2.36. The van der Waals surface area contributed by atoms with Gasteiger partial charge in [-0.1, -0.05) is 12.1 Å². The third-order valence-corrected chi connectivity index (χ3v) is 4.09. The van der Waals surface area contributed by atoms with Gasteiger partial charge in [0.2, 0.25) is 0 Å². The second-order valence-corrected chi connectivity index (χ2v) is 5.73. The molecule has 24 heavy (non-hydrogen) atoms. The molecule has 1 aliphatic rings. The summed E-state index contributed by atoms with van der Waals surface area (Å²) in [6.45, 7) is 0.897. The highest BCUT2D eigenvalue weighted by molar-refractivity contribution is 6.03. The van der Waals surface area contributed by atoms with Crippen molar-refractivity contribution < 1.29 is 19.4 Å². The van der Waals surface area contributed by atoms with E-state index in [-0.39, 0.29) is 11.5 Å². The molecule has 0 saturated heterocycles. The molecule has 0 saturated carbocycles. The number of anilines is 1. The number of carboxylic acid groups (broad SMARTS) is 1. The van der Waals surface area contributed by atoms with Gasteiger partial charge in [0, 0.05) is 13.6 Å². The Kier molecular flexibility index (Phi) is 4.12. The van der Waals surface area contributed by atoms with Gasteiger partial charge in [0.25, 0.3) is 5.91 Å². The molecule has 0 radical (unpaired) electrons. The third-order valence-electron chi connectivity index (χ3n) is 4.09. The summed E-state index contributed by atoms with van der Waals surface area (Å²) in [5.41, 5.74) is 2.25. The number of hydrogen-bond donors (Lipinski definition) is 1. The summed E-state index contributed by atoms with van der Waals surface area (Å²) in [6.07, 6.45) is 0. The maximum absolute atomic E-state index is 12.7. The zero-order chi connectivity index (χ0) is 17.3. The minimum atomic E-state index is -1.04. The molecule has 124 valence electrons. The van der Waals surface area contributed by atoms with Crippen molar-refractivity contribution in [3.05, 3.63) is 59.2 Å². The Morgan fingerprint density at radius 1 is 1.21 bits per heavy atom. The Labute approximate surface area is 139 Å². The molecular weight excluding hydrogens is 308 g/mol. The van der Waals surface area contributed by atoms with Crippen LogP contribution < -0.4 is 9.64 Å². The topological polar surface area (TPSA) is 70.1 Å². The Morgan fingerprint density at radius 3 is 2.54 bits per heavy atom. The monoisotopic (exact) mass is 326 g/mol. The number of ether oxygens (including phenoxy) is 1. The van der Waals surface area contributed by atoms with Crippen LogP contribution in [0.5, 0.6) is 5.75 Å². The van der Waals surface area contributed by atoms with Crippen LogP contribution in [-0.4, -0.2) is 42.7 Å². The molecule has 1 heterocycles. The smallest absolute Gasteiger partial charge is 0.335 e. The minimum absolute atomic E-state index is 0.113. The number of carbonyl (C=O) groups is 2. The first kappa shape index (κ1) is 15.9. The minimum Gasteiger partial charge on any atom is -0.497 e. The number of rotatable bonds is 4. The molecule has 2 aromatic carbocycles. The predicted octanol–water partition coefficient (Wildman–Crippen LogP) is 2.44. The molecular formula is C18H18N2O4. The van der Waals surface area contributed by atoms with Gasteiger partial charge in [-0.3, -0.25) is 4.79 Å². The fourth-order valence-electron chi connectivity index (χ4n) is 2.81. The standard InChI is InChI=1S/C18H18N2O4/c1-19-11-20(10-12-3-6-14(24-2)7-4-12)17(21)15-9-13(18(22)23)5-8-16(15)19/h3-9H,10-11H2,1-2H3,(H,22,23). The van der Waals surface area contributed by atoms with Gasteiger partial charge in [-0.05, 0) is 35.9 Å². The molecule has 0 unspecified atom stereocenters. The number of hydrogen-bond acceptors (Lipinski definition) is 4. The van der Waals surface area contributed by atoms with E-state index in [2.05, 4.69) is 0 Å². The van der Waals surface area contributed by atoms with Gasteiger partial charge in [-0.15, -0.1) is 0 Å². The second-order valence-electron chi connectivity index (χ2n) is 5.73. The maximum atomic E-state index is 12.7. The van der Waals surface area contributed by atoms with Crippen molar-refractivity contribution in [3.8, 4) is 5.75 Å². The second kappa shape index (κ2) is 6.23. The van der Waals surface area contributed by atoms with Crippen molar-refractivity contribution in [2.75, 3.05) is 25.7 Å². The van der Waals surface area contributed by atoms with Crippen molar-refractivity contribution in [2.45, 2.75) is 6.54 Å². The zero-order valence-corrected chi connectivity index (χ0v) is 13.5. The number of methoxy groups -OCH3 is 1. The van der Waals surface area contributed by atoms with E-state index < -0.39 is 5.97 Å². The lowest BCUT2D eigenvalue weighted by molar-refractivity contribution is 0.0697. The molecule has 0 aliphatic carbocycles. The fraction of sp³-hybridized carbons (Fsp3) is 0.222. The number of amides is 1. The summed E-state index contributed by atoms with van der Waals surface area (Å²) < 4.78 is 5.14. The van der Waals surface area contributed by atoms with E-state index in [1.165, 1.54) is 12.1 Å². The number of benzene rings is 2. The molecule has 6 nitrogen and oxygen atoms in total. The van der Waals surface area contributed by atoms with E-state index in [4.69, 9.17) is 9.84 Å². The van der Waals surface area contributed by atoms with E-state index in [0.717, 1.165) is 17.0 Å². The van der Waals surface area contributed by atoms with Gasteiger partial charge < -0.3 is 19.6 Å². The Balaban J connectivity index is 1.87. The average molecular weight is 326 g/mol. The SMILES string of the molecule is COc1ccc(CN2CN(C)c3ccc(C(=O)O)cc3C2=O)cc1. The van der Waals surface area contributed by atoms with Crippen LogP contribution in [0.4, 0.5) is 5.69 Å². The van der Waals surface area contributed by atoms with Crippen LogP contribution >= 0.6 is 0 Å². The van der Waals surface area contributed by atoms with E-state index in [1.54, 1.807) is 18.1 Å². The van der Waals surface area contributed by atoms with E-state index in [0.29, 0.717) is 18.8 Å². The van der Waals surface area contributed by atoms with Gasteiger partial charge in [0.05, 0.1) is 30.6 Å². The van der Waals surface area contributed by atoms with Gasteiger partial charge in [0.15, 0.2) is 0 Å². The van der Waals surface area contributed by atoms with Crippen LogP contribution in [0.1, 0.15) is 26.3 Å². The summed E-state index contributed by atoms with van der Waals surface area (Å²) in [5.74, 6) is -0.445. The first-order valence-electron chi connectivity index (χ1n) is 7.50. The molecule has 1 amide bonds. The number of fused-ring (bicyclic) bond motifs is 1. The van der Waals surface area contributed by atoms with Crippen LogP contribution in [-0.2, 0) is 6.54 Å². The molecule has 1 N–H and O–H groups in total. The largest absolute Gasteiger partial charge is 0.497 e. The Morgan fingerprint density at radius 2 is 1.92 bits per heavy atom. The van der Waals surface area contributed by atoms with Crippen molar-refractivity contribution in [1.82, 2.24) is 4.90 Å².